The number of thiol groups is 1. The van der Waals surface area contributed by atoms with Gasteiger partial charge in [-0.2, -0.15) is 0 Å². The highest BCUT2D eigenvalue weighted by Crippen LogP contribution is 2.38. The first-order chi connectivity index (χ1) is 8.04. The van der Waals surface area contributed by atoms with Crippen molar-refractivity contribution in [2.24, 2.45) is 0 Å². The molecule has 1 fully saturated rings. The summed E-state index contributed by atoms with van der Waals surface area (Å²) in [5, 5.41) is 0. The Morgan fingerprint density at radius 2 is 1.94 bits per heavy atom. The summed E-state index contributed by atoms with van der Waals surface area (Å²) in [7, 11) is 0. The molecule has 1 aliphatic heterocycles. The molecule has 102 valence electrons. The van der Waals surface area contributed by atoms with Crippen LogP contribution in [0.5, 0.6) is 0 Å². The fourth-order valence-corrected chi connectivity index (χ4v) is 2.16. The highest BCUT2D eigenvalue weighted by molar-refractivity contribution is 7.80. The molecule has 0 aliphatic carbocycles. The number of ether oxygens (including phenoxy) is 3. The molecule has 3 nitrogen and oxygen atoms in total. The lowest BCUT2D eigenvalue weighted by Crippen LogP contribution is -2.43. The van der Waals surface area contributed by atoms with Crippen LogP contribution in [0.4, 0.5) is 4.39 Å². The van der Waals surface area contributed by atoms with E-state index in [1.165, 1.54) is 6.92 Å². The van der Waals surface area contributed by atoms with Crippen molar-refractivity contribution in [1.29, 1.82) is 0 Å². The average molecular weight is 266 g/mol. The van der Waals surface area contributed by atoms with Crippen molar-refractivity contribution in [3.05, 3.63) is 0 Å². The summed E-state index contributed by atoms with van der Waals surface area (Å²) in [6.45, 7) is 7.04. The molecule has 1 heterocycles. The fraction of sp³-hybridized carbons (Fsp3) is 1.00. The molecule has 1 aliphatic rings. The van der Waals surface area contributed by atoms with E-state index in [9.17, 15) is 4.39 Å². The summed E-state index contributed by atoms with van der Waals surface area (Å²) in [5.41, 5.74) is -2.32. The van der Waals surface area contributed by atoms with Crippen molar-refractivity contribution in [3.63, 3.8) is 0 Å². The summed E-state index contributed by atoms with van der Waals surface area (Å²) in [4.78, 5) is 0. The minimum absolute atomic E-state index is 0.360. The number of hydrogen-bond acceptors (Lipinski definition) is 4. The molecule has 17 heavy (non-hydrogen) atoms. The van der Waals surface area contributed by atoms with Crippen LogP contribution in [0.1, 0.15) is 33.6 Å². The van der Waals surface area contributed by atoms with Gasteiger partial charge in [0.15, 0.2) is 5.67 Å². The Labute approximate surface area is 108 Å². The van der Waals surface area contributed by atoms with Crippen LogP contribution in [0.15, 0.2) is 0 Å². The van der Waals surface area contributed by atoms with Gasteiger partial charge in [0, 0.05) is 13.2 Å². The second-order valence-corrected chi connectivity index (χ2v) is 5.01. The quantitative estimate of drug-likeness (QED) is 0.567. The summed E-state index contributed by atoms with van der Waals surface area (Å²) in [5.74, 6) is 0. The molecule has 0 spiro atoms. The average Bonchev–Trinajstić information content (AvgIpc) is 2.48. The molecule has 5 heteroatoms. The molecule has 1 rings (SSSR count). The second kappa shape index (κ2) is 6.92. The molecule has 0 aromatic heterocycles. The summed E-state index contributed by atoms with van der Waals surface area (Å²) >= 11 is 4.13. The first-order valence-corrected chi connectivity index (χ1v) is 6.77. The van der Waals surface area contributed by atoms with E-state index in [2.05, 4.69) is 12.6 Å². The van der Waals surface area contributed by atoms with Gasteiger partial charge in [-0.05, 0) is 19.8 Å². The van der Waals surface area contributed by atoms with E-state index in [1.807, 2.05) is 13.8 Å². The molecule has 0 saturated carbocycles. The normalized spacial score (nSPS) is 37.6. The Morgan fingerprint density at radius 3 is 2.53 bits per heavy atom. The van der Waals surface area contributed by atoms with E-state index in [-0.39, 0.29) is 6.10 Å². The highest BCUT2D eigenvalue weighted by Gasteiger charge is 2.53. The van der Waals surface area contributed by atoms with E-state index in [4.69, 9.17) is 14.2 Å². The van der Waals surface area contributed by atoms with Crippen LogP contribution in [-0.4, -0.2) is 43.1 Å². The van der Waals surface area contributed by atoms with Gasteiger partial charge < -0.3 is 14.2 Å². The predicted molar refractivity (Wildman–Crippen MR) is 68.3 cm³/mol. The third-order valence-electron chi connectivity index (χ3n) is 2.81. The van der Waals surface area contributed by atoms with Crippen molar-refractivity contribution in [1.82, 2.24) is 0 Å². The molecule has 0 N–H and O–H groups in total. The minimum atomic E-state index is -1.57. The van der Waals surface area contributed by atoms with E-state index in [0.29, 0.717) is 19.8 Å². The number of halogens is 1. The smallest absolute Gasteiger partial charge is 0.171 e. The first kappa shape index (κ1) is 15.2. The maximum atomic E-state index is 14.4. The molecule has 0 radical (unpaired) electrons. The standard InChI is InChI=1S/C12H23FO3S/c1-4-6-14-8-9-10(15-7-5-2)12(3,13)11(17)16-9/h9-11,17H,4-8H2,1-3H3/t9-,10?,11+,12?/m1/s1. The molecular formula is C12H23FO3S. The van der Waals surface area contributed by atoms with Gasteiger partial charge in [-0.15, -0.1) is 12.6 Å². The lowest BCUT2D eigenvalue weighted by molar-refractivity contribution is -0.0706. The maximum Gasteiger partial charge on any atom is 0.171 e. The Morgan fingerprint density at radius 1 is 1.29 bits per heavy atom. The molecule has 1 saturated heterocycles. The Kier molecular flexibility index (Phi) is 6.20. The largest absolute Gasteiger partial charge is 0.379 e. The topological polar surface area (TPSA) is 27.7 Å². The van der Waals surface area contributed by atoms with Crippen molar-refractivity contribution in [2.75, 3.05) is 19.8 Å². The first-order valence-electron chi connectivity index (χ1n) is 6.25. The van der Waals surface area contributed by atoms with Crippen LogP contribution >= 0.6 is 12.6 Å². The van der Waals surface area contributed by atoms with Crippen LogP contribution < -0.4 is 0 Å². The Balaban J connectivity index is 2.55. The van der Waals surface area contributed by atoms with Crippen molar-refractivity contribution in [3.8, 4) is 0 Å². The number of alkyl halides is 1. The minimum Gasteiger partial charge on any atom is -0.379 e. The second-order valence-electron chi connectivity index (χ2n) is 4.54. The van der Waals surface area contributed by atoms with E-state index < -0.39 is 17.2 Å². The fourth-order valence-electron chi connectivity index (χ4n) is 1.86. The van der Waals surface area contributed by atoms with Crippen LogP contribution in [-0.2, 0) is 14.2 Å². The van der Waals surface area contributed by atoms with Gasteiger partial charge in [0.1, 0.15) is 17.6 Å². The SMILES string of the molecule is CCCOC[C@H]1O[C@@H](S)C(C)(F)C1OCCC. The lowest BCUT2D eigenvalue weighted by atomic mass is 10.0. The summed E-state index contributed by atoms with van der Waals surface area (Å²) < 4.78 is 30.8. The van der Waals surface area contributed by atoms with Gasteiger partial charge in [0.05, 0.1) is 6.61 Å². The van der Waals surface area contributed by atoms with Gasteiger partial charge in [-0.3, -0.25) is 0 Å². The van der Waals surface area contributed by atoms with E-state index >= 15 is 0 Å². The zero-order valence-corrected chi connectivity index (χ0v) is 11.7. The van der Waals surface area contributed by atoms with Crippen LogP contribution in [0.3, 0.4) is 0 Å². The zero-order chi connectivity index (χ0) is 12.9. The summed E-state index contributed by atoms with van der Waals surface area (Å²) in [6, 6.07) is 0. The predicted octanol–water partition coefficient (Wildman–Crippen LogP) is 2.59. The molecule has 4 atom stereocenters. The summed E-state index contributed by atoms with van der Waals surface area (Å²) in [6.07, 6.45) is 0.823. The molecule has 0 aromatic rings. The molecular weight excluding hydrogens is 243 g/mol. The van der Waals surface area contributed by atoms with Gasteiger partial charge in [0.2, 0.25) is 0 Å². The van der Waals surface area contributed by atoms with Crippen molar-refractivity contribution in [2.45, 2.75) is 56.9 Å². The number of rotatable bonds is 7. The molecule has 0 bridgehead atoms. The van der Waals surface area contributed by atoms with Crippen LogP contribution in [0.2, 0.25) is 0 Å². The Bertz CT molecular complexity index is 226. The third-order valence-corrected chi connectivity index (χ3v) is 3.44. The maximum absolute atomic E-state index is 14.4. The van der Waals surface area contributed by atoms with E-state index in [0.717, 1.165) is 12.8 Å². The van der Waals surface area contributed by atoms with Gasteiger partial charge >= 0.3 is 0 Å². The third kappa shape index (κ3) is 3.81. The van der Waals surface area contributed by atoms with Crippen LogP contribution in [0.25, 0.3) is 0 Å². The van der Waals surface area contributed by atoms with Crippen LogP contribution in [0, 0.1) is 0 Å². The molecule has 0 amide bonds. The van der Waals surface area contributed by atoms with Gasteiger partial charge in [-0.1, -0.05) is 13.8 Å². The lowest BCUT2D eigenvalue weighted by Gasteiger charge is -2.26. The van der Waals surface area contributed by atoms with E-state index in [1.54, 1.807) is 0 Å². The molecule has 0 aromatic carbocycles. The van der Waals surface area contributed by atoms with Gasteiger partial charge in [-0.25, -0.2) is 4.39 Å². The van der Waals surface area contributed by atoms with Crippen molar-refractivity contribution < 1.29 is 18.6 Å². The number of hydrogen-bond donors (Lipinski definition) is 1. The zero-order valence-electron chi connectivity index (χ0n) is 10.8. The monoisotopic (exact) mass is 266 g/mol. The van der Waals surface area contributed by atoms with Gasteiger partial charge in [0.25, 0.3) is 0 Å². The highest BCUT2D eigenvalue weighted by atomic mass is 32.1. The molecule has 2 unspecified atom stereocenters. The van der Waals surface area contributed by atoms with Crippen molar-refractivity contribution >= 4 is 12.6 Å². The Hall–Kier alpha value is 0.160.